The van der Waals surface area contributed by atoms with Gasteiger partial charge in [-0.25, -0.2) is 0 Å². The molecule has 0 saturated carbocycles. The predicted molar refractivity (Wildman–Crippen MR) is 84.1 cm³/mol. The van der Waals surface area contributed by atoms with Gasteiger partial charge in [0.1, 0.15) is 0 Å². The summed E-state index contributed by atoms with van der Waals surface area (Å²) in [4.78, 5) is 2.34. The molecule has 3 nitrogen and oxygen atoms in total. The predicted octanol–water partition coefficient (Wildman–Crippen LogP) is 3.34. The van der Waals surface area contributed by atoms with Crippen LogP contribution >= 0.6 is 23.2 Å². The SMILES string of the molecule is Clc1ccc(N2CC[C@H](NC3CCOCC3)C2)c(Cl)c1. The van der Waals surface area contributed by atoms with Gasteiger partial charge in [-0.1, -0.05) is 23.2 Å². The van der Waals surface area contributed by atoms with E-state index in [2.05, 4.69) is 10.2 Å². The minimum atomic E-state index is 0.546. The average Bonchev–Trinajstić information content (AvgIpc) is 2.88. The molecule has 0 spiro atoms. The van der Waals surface area contributed by atoms with Crippen molar-refractivity contribution in [3.8, 4) is 0 Å². The van der Waals surface area contributed by atoms with Crippen LogP contribution in [-0.2, 0) is 4.74 Å². The van der Waals surface area contributed by atoms with Crippen LogP contribution in [0.4, 0.5) is 5.69 Å². The number of nitrogens with one attached hydrogen (secondary N) is 1. The van der Waals surface area contributed by atoms with Crippen LogP contribution in [0.2, 0.25) is 10.0 Å². The summed E-state index contributed by atoms with van der Waals surface area (Å²) in [5.74, 6) is 0. The van der Waals surface area contributed by atoms with Crippen molar-refractivity contribution in [3.63, 3.8) is 0 Å². The van der Waals surface area contributed by atoms with Crippen LogP contribution in [0.15, 0.2) is 18.2 Å². The third-order valence-corrected chi connectivity index (χ3v) is 4.67. The first-order valence-electron chi connectivity index (χ1n) is 7.26. The molecular weight excluding hydrogens is 295 g/mol. The molecular formula is C15H20Cl2N2O. The first-order chi connectivity index (χ1) is 9.72. The monoisotopic (exact) mass is 314 g/mol. The van der Waals surface area contributed by atoms with Crippen molar-refractivity contribution in [3.05, 3.63) is 28.2 Å². The molecule has 2 aliphatic heterocycles. The van der Waals surface area contributed by atoms with Crippen LogP contribution in [0.1, 0.15) is 19.3 Å². The molecule has 5 heteroatoms. The normalized spacial score (nSPS) is 24.3. The number of ether oxygens (including phenoxy) is 1. The number of anilines is 1. The summed E-state index contributed by atoms with van der Waals surface area (Å²) in [5, 5.41) is 5.19. The molecule has 0 amide bonds. The summed E-state index contributed by atoms with van der Waals surface area (Å²) < 4.78 is 5.40. The van der Waals surface area contributed by atoms with Crippen LogP contribution < -0.4 is 10.2 Å². The minimum absolute atomic E-state index is 0.546. The van der Waals surface area contributed by atoms with E-state index in [0.717, 1.165) is 56.3 Å². The highest BCUT2D eigenvalue weighted by Crippen LogP contribution is 2.31. The van der Waals surface area contributed by atoms with Gasteiger partial charge in [0.05, 0.1) is 10.7 Å². The standard InChI is InChI=1S/C15H20Cl2N2O/c16-11-1-2-15(14(17)9-11)19-6-3-13(10-19)18-12-4-7-20-8-5-12/h1-2,9,12-13,18H,3-8,10H2/t13-/m0/s1. The number of benzene rings is 1. The lowest BCUT2D eigenvalue weighted by Crippen LogP contribution is -2.43. The van der Waals surface area contributed by atoms with Crippen molar-refractivity contribution in [2.75, 3.05) is 31.2 Å². The highest BCUT2D eigenvalue weighted by atomic mass is 35.5. The zero-order valence-corrected chi connectivity index (χ0v) is 13.0. The molecule has 0 aromatic heterocycles. The molecule has 0 unspecified atom stereocenters. The molecule has 1 aromatic carbocycles. The van der Waals surface area contributed by atoms with Gasteiger partial charge in [0.2, 0.25) is 0 Å². The van der Waals surface area contributed by atoms with Crippen LogP contribution in [0.25, 0.3) is 0 Å². The molecule has 1 aromatic rings. The van der Waals surface area contributed by atoms with E-state index in [1.165, 1.54) is 0 Å². The molecule has 3 rings (SSSR count). The van der Waals surface area contributed by atoms with Crippen LogP contribution in [0.3, 0.4) is 0 Å². The van der Waals surface area contributed by atoms with Crippen LogP contribution in [0, 0.1) is 0 Å². The molecule has 1 atom stereocenters. The molecule has 2 aliphatic rings. The molecule has 2 heterocycles. The number of nitrogens with zero attached hydrogens (tertiary/aromatic N) is 1. The van der Waals surface area contributed by atoms with Gasteiger partial charge in [-0.2, -0.15) is 0 Å². The van der Waals surface area contributed by atoms with E-state index >= 15 is 0 Å². The fourth-order valence-electron chi connectivity index (χ4n) is 3.05. The number of hydrogen-bond acceptors (Lipinski definition) is 3. The molecule has 0 bridgehead atoms. The number of rotatable bonds is 3. The Morgan fingerprint density at radius 1 is 1.10 bits per heavy atom. The third kappa shape index (κ3) is 3.40. The van der Waals surface area contributed by atoms with E-state index in [4.69, 9.17) is 27.9 Å². The molecule has 0 radical (unpaired) electrons. The topological polar surface area (TPSA) is 24.5 Å². The minimum Gasteiger partial charge on any atom is -0.381 e. The second-order valence-electron chi connectivity index (χ2n) is 5.58. The first kappa shape index (κ1) is 14.5. The molecule has 1 N–H and O–H groups in total. The summed E-state index contributed by atoms with van der Waals surface area (Å²) in [7, 11) is 0. The van der Waals surface area contributed by atoms with Gasteiger partial charge in [-0.15, -0.1) is 0 Å². The Balaban J connectivity index is 1.58. The molecule has 20 heavy (non-hydrogen) atoms. The Bertz CT molecular complexity index is 463. The zero-order valence-electron chi connectivity index (χ0n) is 11.4. The van der Waals surface area contributed by atoms with Crippen molar-refractivity contribution >= 4 is 28.9 Å². The quantitative estimate of drug-likeness (QED) is 0.926. The van der Waals surface area contributed by atoms with Crippen molar-refractivity contribution in [2.24, 2.45) is 0 Å². The maximum atomic E-state index is 6.29. The third-order valence-electron chi connectivity index (χ3n) is 4.13. The fraction of sp³-hybridized carbons (Fsp3) is 0.600. The van der Waals surface area contributed by atoms with Gasteiger partial charge in [-0.05, 0) is 37.5 Å². The average molecular weight is 315 g/mol. The molecule has 2 saturated heterocycles. The second kappa shape index (κ2) is 6.52. The van der Waals surface area contributed by atoms with Gasteiger partial charge in [0.25, 0.3) is 0 Å². The van der Waals surface area contributed by atoms with E-state index in [1.54, 1.807) is 0 Å². The van der Waals surface area contributed by atoms with Gasteiger partial charge in [-0.3, -0.25) is 0 Å². The molecule has 110 valence electrons. The Morgan fingerprint density at radius 2 is 1.90 bits per heavy atom. The fourth-order valence-corrected chi connectivity index (χ4v) is 3.58. The van der Waals surface area contributed by atoms with Crippen molar-refractivity contribution < 1.29 is 4.74 Å². The highest BCUT2D eigenvalue weighted by Gasteiger charge is 2.26. The Morgan fingerprint density at radius 3 is 2.65 bits per heavy atom. The maximum Gasteiger partial charge on any atom is 0.0654 e. The van der Waals surface area contributed by atoms with Gasteiger partial charge < -0.3 is 15.0 Å². The summed E-state index contributed by atoms with van der Waals surface area (Å²) >= 11 is 12.2. The summed E-state index contributed by atoms with van der Waals surface area (Å²) in [6, 6.07) is 6.89. The van der Waals surface area contributed by atoms with E-state index < -0.39 is 0 Å². The number of hydrogen-bond donors (Lipinski definition) is 1. The van der Waals surface area contributed by atoms with E-state index in [9.17, 15) is 0 Å². The Kier molecular flexibility index (Phi) is 4.72. The van der Waals surface area contributed by atoms with Gasteiger partial charge in [0.15, 0.2) is 0 Å². The van der Waals surface area contributed by atoms with E-state index in [0.29, 0.717) is 17.1 Å². The lowest BCUT2D eigenvalue weighted by Gasteiger charge is -2.27. The first-order valence-corrected chi connectivity index (χ1v) is 8.02. The van der Waals surface area contributed by atoms with E-state index in [-0.39, 0.29) is 0 Å². The number of halogens is 2. The lowest BCUT2D eigenvalue weighted by atomic mass is 10.1. The lowest BCUT2D eigenvalue weighted by molar-refractivity contribution is 0.0755. The molecule has 0 aliphatic carbocycles. The smallest absolute Gasteiger partial charge is 0.0654 e. The van der Waals surface area contributed by atoms with Crippen LogP contribution in [-0.4, -0.2) is 38.4 Å². The van der Waals surface area contributed by atoms with Crippen LogP contribution in [0.5, 0.6) is 0 Å². The van der Waals surface area contributed by atoms with Gasteiger partial charge in [0, 0.05) is 43.4 Å². The van der Waals surface area contributed by atoms with Crippen molar-refractivity contribution in [2.45, 2.75) is 31.3 Å². The van der Waals surface area contributed by atoms with Crippen molar-refractivity contribution in [1.29, 1.82) is 0 Å². The summed E-state index contributed by atoms with van der Waals surface area (Å²) in [6.45, 7) is 3.83. The maximum absolute atomic E-state index is 6.29. The highest BCUT2D eigenvalue weighted by molar-refractivity contribution is 6.36. The van der Waals surface area contributed by atoms with Gasteiger partial charge >= 0.3 is 0 Å². The molecule has 2 fully saturated rings. The second-order valence-corrected chi connectivity index (χ2v) is 6.42. The summed E-state index contributed by atoms with van der Waals surface area (Å²) in [6.07, 6.45) is 3.41. The van der Waals surface area contributed by atoms with Crippen molar-refractivity contribution in [1.82, 2.24) is 5.32 Å². The zero-order chi connectivity index (χ0) is 13.9. The largest absolute Gasteiger partial charge is 0.381 e. The summed E-state index contributed by atoms with van der Waals surface area (Å²) in [5.41, 5.74) is 1.09. The Hall–Kier alpha value is -0.480. The Labute approximate surface area is 130 Å². The van der Waals surface area contributed by atoms with E-state index in [1.807, 2.05) is 18.2 Å².